The van der Waals surface area contributed by atoms with Crippen LogP contribution in [0.1, 0.15) is 32.1 Å². The Labute approximate surface area is 149 Å². The number of benzene rings is 1. The maximum atomic E-state index is 12.4. The predicted molar refractivity (Wildman–Crippen MR) is 95.9 cm³/mol. The van der Waals surface area contributed by atoms with E-state index in [1.54, 1.807) is 12.1 Å². The molecular formula is C18H16N6O2. The molecule has 130 valence electrons. The summed E-state index contributed by atoms with van der Waals surface area (Å²) in [6.07, 6.45) is 8.58. The number of anilines is 2. The van der Waals surface area contributed by atoms with Crippen LogP contribution >= 0.6 is 0 Å². The molecule has 0 aliphatic rings. The van der Waals surface area contributed by atoms with Crippen LogP contribution in [0.25, 0.3) is 0 Å². The van der Waals surface area contributed by atoms with Crippen molar-refractivity contribution in [1.29, 1.82) is 0 Å². The summed E-state index contributed by atoms with van der Waals surface area (Å²) in [4.78, 5) is 40.4. The molecule has 2 aromatic heterocycles. The number of amides is 2. The number of nitrogens with zero attached hydrogens (tertiary/aromatic N) is 4. The largest absolute Gasteiger partial charge is 0.319 e. The van der Waals surface area contributed by atoms with Crippen LogP contribution in [0.3, 0.4) is 0 Å². The van der Waals surface area contributed by atoms with Crippen LogP contribution in [0.15, 0.2) is 49.3 Å². The predicted octanol–water partition coefficient (Wildman–Crippen LogP) is 2.39. The Morgan fingerprint density at radius 2 is 1.15 bits per heavy atom. The molecule has 2 amide bonds. The van der Waals surface area contributed by atoms with Crippen LogP contribution in [-0.2, 0) is 0 Å². The Hall–Kier alpha value is -3.68. The molecule has 0 aliphatic heterocycles. The van der Waals surface area contributed by atoms with E-state index in [1.807, 2.05) is 13.8 Å². The molecule has 2 heterocycles. The van der Waals surface area contributed by atoms with Crippen molar-refractivity contribution >= 4 is 23.2 Å². The molecule has 2 N–H and O–H groups in total. The second-order valence-electron chi connectivity index (χ2n) is 5.57. The Bertz CT molecular complexity index is 866. The van der Waals surface area contributed by atoms with Gasteiger partial charge in [0.05, 0.1) is 23.8 Å². The van der Waals surface area contributed by atoms with Crippen molar-refractivity contribution < 1.29 is 9.59 Å². The van der Waals surface area contributed by atoms with Gasteiger partial charge in [-0.2, -0.15) is 0 Å². The van der Waals surface area contributed by atoms with E-state index in [0.717, 1.165) is 11.1 Å². The molecule has 0 unspecified atom stereocenters. The molecule has 3 aromatic rings. The van der Waals surface area contributed by atoms with Gasteiger partial charge in [0.1, 0.15) is 11.4 Å². The highest BCUT2D eigenvalue weighted by Gasteiger charge is 2.15. The van der Waals surface area contributed by atoms with Gasteiger partial charge in [-0.15, -0.1) is 0 Å². The molecule has 0 saturated heterocycles. The molecule has 8 heteroatoms. The van der Waals surface area contributed by atoms with Gasteiger partial charge < -0.3 is 10.6 Å². The molecule has 8 nitrogen and oxygen atoms in total. The molecule has 0 radical (unpaired) electrons. The summed E-state index contributed by atoms with van der Waals surface area (Å²) < 4.78 is 0. The average Bonchev–Trinajstić information content (AvgIpc) is 2.67. The van der Waals surface area contributed by atoms with Crippen molar-refractivity contribution in [2.24, 2.45) is 0 Å². The minimum Gasteiger partial charge on any atom is -0.319 e. The van der Waals surface area contributed by atoms with Gasteiger partial charge >= 0.3 is 0 Å². The third-order valence-electron chi connectivity index (χ3n) is 3.72. The van der Waals surface area contributed by atoms with Gasteiger partial charge in [0.25, 0.3) is 11.8 Å². The van der Waals surface area contributed by atoms with E-state index in [0.29, 0.717) is 11.4 Å². The standard InChI is InChI=1S/C18H16N6O2/c1-11-7-13(23-17(25)15-9-19-3-5-21-15)14(8-12(11)2)24-18(26)16-10-20-4-6-22-16/h3-10H,1-2H3,(H,23,25)(H,24,26). The van der Waals surface area contributed by atoms with Gasteiger partial charge in [-0.25, -0.2) is 9.97 Å². The van der Waals surface area contributed by atoms with Crippen LogP contribution in [0, 0.1) is 13.8 Å². The highest BCUT2D eigenvalue weighted by Crippen LogP contribution is 2.27. The van der Waals surface area contributed by atoms with Gasteiger partial charge in [0, 0.05) is 24.8 Å². The molecular weight excluding hydrogens is 332 g/mol. The SMILES string of the molecule is Cc1cc(NC(=O)c2cnccn2)c(NC(=O)c2cnccn2)cc1C. The Kier molecular flexibility index (Phi) is 4.93. The lowest BCUT2D eigenvalue weighted by Gasteiger charge is -2.14. The fourth-order valence-corrected chi connectivity index (χ4v) is 2.23. The molecule has 0 atom stereocenters. The van der Waals surface area contributed by atoms with Gasteiger partial charge in [-0.05, 0) is 37.1 Å². The number of nitrogens with one attached hydrogen (secondary N) is 2. The topological polar surface area (TPSA) is 110 Å². The zero-order valence-electron chi connectivity index (χ0n) is 14.2. The van der Waals surface area contributed by atoms with Crippen LogP contribution in [0.5, 0.6) is 0 Å². The summed E-state index contributed by atoms with van der Waals surface area (Å²) in [5.41, 5.74) is 3.21. The number of hydrogen-bond acceptors (Lipinski definition) is 6. The Morgan fingerprint density at radius 1 is 0.731 bits per heavy atom. The quantitative estimate of drug-likeness (QED) is 0.749. The molecule has 0 aliphatic carbocycles. The van der Waals surface area contributed by atoms with E-state index in [9.17, 15) is 9.59 Å². The minimum atomic E-state index is -0.420. The highest BCUT2D eigenvalue weighted by atomic mass is 16.2. The first-order chi connectivity index (χ1) is 12.5. The minimum absolute atomic E-state index is 0.178. The second-order valence-corrected chi connectivity index (χ2v) is 5.57. The molecule has 0 fully saturated rings. The third-order valence-corrected chi connectivity index (χ3v) is 3.72. The van der Waals surface area contributed by atoms with Crippen molar-refractivity contribution in [1.82, 2.24) is 19.9 Å². The first kappa shape index (κ1) is 17.2. The fourth-order valence-electron chi connectivity index (χ4n) is 2.23. The van der Waals surface area contributed by atoms with Crippen molar-refractivity contribution in [2.75, 3.05) is 10.6 Å². The van der Waals surface area contributed by atoms with Crippen molar-refractivity contribution in [3.8, 4) is 0 Å². The van der Waals surface area contributed by atoms with Crippen LogP contribution in [0.4, 0.5) is 11.4 Å². The van der Waals surface area contributed by atoms with Crippen molar-refractivity contribution in [2.45, 2.75) is 13.8 Å². The summed E-state index contributed by atoms with van der Waals surface area (Å²) in [6.45, 7) is 3.84. The first-order valence-electron chi connectivity index (χ1n) is 7.80. The summed E-state index contributed by atoms with van der Waals surface area (Å²) >= 11 is 0. The van der Waals surface area contributed by atoms with E-state index in [1.165, 1.54) is 37.2 Å². The van der Waals surface area contributed by atoms with Crippen LogP contribution in [-0.4, -0.2) is 31.8 Å². The summed E-state index contributed by atoms with van der Waals surface area (Å²) in [6, 6.07) is 3.58. The van der Waals surface area contributed by atoms with E-state index in [4.69, 9.17) is 0 Å². The maximum absolute atomic E-state index is 12.4. The van der Waals surface area contributed by atoms with Crippen LogP contribution in [0.2, 0.25) is 0 Å². The summed E-state index contributed by atoms with van der Waals surface area (Å²) in [5.74, 6) is -0.840. The lowest BCUT2D eigenvalue weighted by atomic mass is 10.1. The first-order valence-corrected chi connectivity index (χ1v) is 7.80. The number of aryl methyl sites for hydroxylation is 2. The van der Waals surface area contributed by atoms with Gasteiger partial charge in [-0.3, -0.25) is 19.6 Å². The van der Waals surface area contributed by atoms with E-state index in [-0.39, 0.29) is 11.4 Å². The van der Waals surface area contributed by atoms with Gasteiger partial charge in [-0.1, -0.05) is 0 Å². The van der Waals surface area contributed by atoms with Gasteiger partial charge in [0.2, 0.25) is 0 Å². The lowest BCUT2D eigenvalue weighted by molar-refractivity contribution is 0.101. The number of hydrogen-bond donors (Lipinski definition) is 2. The smallest absolute Gasteiger partial charge is 0.275 e. The van der Waals surface area contributed by atoms with Crippen molar-refractivity contribution in [3.05, 3.63) is 71.8 Å². The monoisotopic (exact) mass is 348 g/mol. The van der Waals surface area contributed by atoms with E-state index < -0.39 is 11.8 Å². The lowest BCUT2D eigenvalue weighted by Crippen LogP contribution is -2.18. The van der Waals surface area contributed by atoms with Crippen LogP contribution < -0.4 is 10.6 Å². The zero-order chi connectivity index (χ0) is 18.5. The molecule has 1 aromatic carbocycles. The van der Waals surface area contributed by atoms with Gasteiger partial charge in [0.15, 0.2) is 0 Å². The third kappa shape index (κ3) is 3.86. The number of rotatable bonds is 4. The van der Waals surface area contributed by atoms with E-state index >= 15 is 0 Å². The Morgan fingerprint density at radius 3 is 1.50 bits per heavy atom. The summed E-state index contributed by atoms with van der Waals surface area (Å²) in [7, 11) is 0. The molecule has 3 rings (SSSR count). The van der Waals surface area contributed by atoms with Crippen molar-refractivity contribution in [3.63, 3.8) is 0 Å². The molecule has 0 spiro atoms. The summed E-state index contributed by atoms with van der Waals surface area (Å²) in [5, 5.41) is 5.52. The Balaban J connectivity index is 1.89. The highest BCUT2D eigenvalue weighted by molar-refractivity contribution is 6.08. The number of carbonyl (C=O) groups excluding carboxylic acids is 2. The molecule has 0 saturated carbocycles. The fraction of sp³-hybridized carbons (Fsp3) is 0.111. The number of aromatic nitrogens is 4. The number of carbonyl (C=O) groups is 2. The molecule has 26 heavy (non-hydrogen) atoms. The second kappa shape index (κ2) is 7.47. The normalized spacial score (nSPS) is 10.2. The zero-order valence-corrected chi connectivity index (χ0v) is 14.2. The maximum Gasteiger partial charge on any atom is 0.275 e. The van der Waals surface area contributed by atoms with E-state index in [2.05, 4.69) is 30.6 Å². The molecule has 0 bridgehead atoms. The average molecular weight is 348 g/mol.